The lowest BCUT2D eigenvalue weighted by Gasteiger charge is -2.22. The third kappa shape index (κ3) is 8.69. The van der Waals surface area contributed by atoms with E-state index in [0.717, 1.165) is 16.5 Å². The van der Waals surface area contributed by atoms with E-state index >= 15 is 0 Å². The number of carbonyl (C=O) groups excluding carboxylic acids is 3. The van der Waals surface area contributed by atoms with Gasteiger partial charge in [0.15, 0.2) is 0 Å². The zero-order chi connectivity index (χ0) is 26.8. The van der Waals surface area contributed by atoms with Crippen LogP contribution in [0.2, 0.25) is 0 Å². The first-order valence-corrected chi connectivity index (χ1v) is 11.6. The molecular formula is C24H33N5O7. The van der Waals surface area contributed by atoms with Crippen molar-refractivity contribution in [2.24, 2.45) is 11.7 Å². The van der Waals surface area contributed by atoms with Crippen molar-refractivity contribution in [3.63, 3.8) is 0 Å². The summed E-state index contributed by atoms with van der Waals surface area (Å²) in [6, 6.07) is 4.13. The molecule has 8 N–H and O–H groups in total. The molecule has 3 unspecified atom stereocenters. The molecule has 0 saturated carbocycles. The molecule has 0 spiro atoms. The zero-order valence-corrected chi connectivity index (χ0v) is 20.2. The predicted octanol–water partition coefficient (Wildman–Crippen LogP) is 0.119. The van der Waals surface area contributed by atoms with Gasteiger partial charge in [-0.15, -0.1) is 0 Å². The molecule has 12 heteroatoms. The smallest absolute Gasteiger partial charge is 0.326 e. The Kier molecular flexibility index (Phi) is 10.4. The highest BCUT2D eigenvalue weighted by atomic mass is 16.4. The van der Waals surface area contributed by atoms with Gasteiger partial charge >= 0.3 is 11.9 Å². The van der Waals surface area contributed by atoms with Gasteiger partial charge in [-0.3, -0.25) is 19.2 Å². The number of hydrogen-bond acceptors (Lipinski definition) is 6. The summed E-state index contributed by atoms with van der Waals surface area (Å²) >= 11 is 0. The average Bonchev–Trinajstić information content (AvgIpc) is 3.21. The van der Waals surface area contributed by atoms with Crippen LogP contribution < -0.4 is 21.7 Å². The molecule has 0 saturated heterocycles. The van der Waals surface area contributed by atoms with E-state index in [1.807, 2.05) is 24.3 Å². The number of para-hydroxylation sites is 1. The lowest BCUT2D eigenvalue weighted by molar-refractivity contribution is -0.143. The van der Waals surface area contributed by atoms with Crippen molar-refractivity contribution < 1.29 is 34.2 Å². The minimum Gasteiger partial charge on any atom is -0.481 e. The van der Waals surface area contributed by atoms with Gasteiger partial charge in [0.25, 0.3) is 0 Å². The van der Waals surface area contributed by atoms with E-state index in [1.165, 1.54) is 0 Å². The van der Waals surface area contributed by atoms with Crippen LogP contribution in [0.5, 0.6) is 0 Å². The van der Waals surface area contributed by atoms with Crippen LogP contribution in [0.15, 0.2) is 30.5 Å². The van der Waals surface area contributed by atoms with Gasteiger partial charge in [-0.25, -0.2) is 4.79 Å². The first kappa shape index (κ1) is 28.3. The van der Waals surface area contributed by atoms with Gasteiger partial charge in [-0.05, 0) is 36.8 Å². The van der Waals surface area contributed by atoms with E-state index in [4.69, 9.17) is 10.8 Å². The van der Waals surface area contributed by atoms with E-state index in [9.17, 15) is 29.1 Å². The molecule has 196 valence electrons. The van der Waals surface area contributed by atoms with Gasteiger partial charge in [0.05, 0.1) is 12.6 Å². The molecule has 0 aliphatic rings. The third-order valence-electron chi connectivity index (χ3n) is 5.49. The third-order valence-corrected chi connectivity index (χ3v) is 5.49. The molecule has 1 aromatic carbocycles. The Balaban J connectivity index is 1.94. The number of nitrogens with two attached hydrogens (primary N) is 1. The van der Waals surface area contributed by atoms with Crippen molar-refractivity contribution in [2.45, 2.75) is 57.7 Å². The monoisotopic (exact) mass is 503 g/mol. The summed E-state index contributed by atoms with van der Waals surface area (Å²) in [5.41, 5.74) is 7.75. The molecule has 0 aliphatic carbocycles. The van der Waals surface area contributed by atoms with Crippen LogP contribution in [0.4, 0.5) is 0 Å². The normalized spacial score (nSPS) is 13.6. The second-order valence-electron chi connectivity index (χ2n) is 8.97. The number of aromatic amines is 1. The lowest BCUT2D eigenvalue weighted by Crippen LogP contribution is -2.54. The first-order chi connectivity index (χ1) is 17.0. The van der Waals surface area contributed by atoms with Crippen LogP contribution in [0, 0.1) is 5.92 Å². The molecule has 0 bridgehead atoms. The molecule has 1 heterocycles. The Hall–Kier alpha value is -3.93. The van der Waals surface area contributed by atoms with Crippen LogP contribution >= 0.6 is 0 Å². The van der Waals surface area contributed by atoms with Crippen molar-refractivity contribution in [1.29, 1.82) is 0 Å². The van der Waals surface area contributed by atoms with Gasteiger partial charge in [0, 0.05) is 23.5 Å². The SMILES string of the molecule is CC(C)CC(NC(=O)C(CCC(=O)O)NC(=O)CNC(=O)C(N)Cc1c[nH]c2ccccc12)C(=O)O. The summed E-state index contributed by atoms with van der Waals surface area (Å²) in [5.74, 6) is -4.59. The summed E-state index contributed by atoms with van der Waals surface area (Å²) in [7, 11) is 0. The number of carbonyl (C=O) groups is 5. The summed E-state index contributed by atoms with van der Waals surface area (Å²) in [6.07, 6.45) is 1.47. The van der Waals surface area contributed by atoms with E-state index in [0.29, 0.717) is 0 Å². The molecule has 0 radical (unpaired) electrons. The fourth-order valence-electron chi connectivity index (χ4n) is 3.68. The maximum atomic E-state index is 12.6. The molecule has 36 heavy (non-hydrogen) atoms. The van der Waals surface area contributed by atoms with Gasteiger partial charge in [-0.1, -0.05) is 32.0 Å². The number of benzene rings is 1. The highest BCUT2D eigenvalue weighted by Crippen LogP contribution is 2.18. The molecule has 1 aromatic heterocycles. The van der Waals surface area contributed by atoms with Crippen molar-refractivity contribution in [3.8, 4) is 0 Å². The number of amides is 3. The minimum absolute atomic E-state index is 0.0258. The quantitative estimate of drug-likeness (QED) is 0.188. The highest BCUT2D eigenvalue weighted by molar-refractivity contribution is 5.93. The number of carboxylic acid groups (broad SMARTS) is 2. The standard InChI is InChI=1S/C24H33N5O7/c1-13(2)9-19(24(35)36)29-23(34)18(7-8-21(31)32)28-20(30)12-27-22(33)16(25)10-14-11-26-17-6-4-3-5-15(14)17/h3-6,11,13,16,18-19,26H,7-10,12,25H2,1-2H3,(H,27,33)(H,28,30)(H,29,34)(H,31,32)(H,35,36). The highest BCUT2D eigenvalue weighted by Gasteiger charge is 2.28. The van der Waals surface area contributed by atoms with Crippen molar-refractivity contribution in [1.82, 2.24) is 20.9 Å². The second kappa shape index (κ2) is 13.2. The Morgan fingerprint density at radius 2 is 1.69 bits per heavy atom. The van der Waals surface area contributed by atoms with Crippen molar-refractivity contribution in [3.05, 3.63) is 36.0 Å². The topological polar surface area (TPSA) is 204 Å². The van der Waals surface area contributed by atoms with E-state index in [-0.39, 0.29) is 25.2 Å². The Morgan fingerprint density at radius 3 is 2.33 bits per heavy atom. The van der Waals surface area contributed by atoms with E-state index in [2.05, 4.69) is 20.9 Å². The van der Waals surface area contributed by atoms with Gasteiger partial charge in [0.2, 0.25) is 17.7 Å². The Labute approximate surface area is 208 Å². The molecule has 12 nitrogen and oxygen atoms in total. The number of aliphatic carboxylic acids is 2. The lowest BCUT2D eigenvalue weighted by atomic mass is 10.0. The minimum atomic E-state index is -1.29. The van der Waals surface area contributed by atoms with E-state index < -0.39 is 60.8 Å². The molecule has 0 fully saturated rings. The number of fused-ring (bicyclic) bond motifs is 1. The number of rotatable bonds is 14. The number of H-pyrrole nitrogens is 1. The van der Waals surface area contributed by atoms with Crippen LogP contribution in [0.3, 0.4) is 0 Å². The van der Waals surface area contributed by atoms with Gasteiger partial charge < -0.3 is 36.9 Å². The van der Waals surface area contributed by atoms with Crippen molar-refractivity contribution >= 4 is 40.6 Å². The Bertz CT molecular complexity index is 1100. The van der Waals surface area contributed by atoms with Crippen LogP contribution in [0.25, 0.3) is 10.9 Å². The molecular weight excluding hydrogens is 470 g/mol. The maximum Gasteiger partial charge on any atom is 0.326 e. The number of aromatic nitrogens is 1. The summed E-state index contributed by atoms with van der Waals surface area (Å²) in [5, 5.41) is 26.4. The molecule has 3 amide bonds. The number of carboxylic acids is 2. The van der Waals surface area contributed by atoms with Crippen LogP contribution in [0.1, 0.15) is 38.7 Å². The Morgan fingerprint density at radius 1 is 1.00 bits per heavy atom. The van der Waals surface area contributed by atoms with E-state index in [1.54, 1.807) is 20.0 Å². The fraction of sp³-hybridized carbons (Fsp3) is 0.458. The van der Waals surface area contributed by atoms with Gasteiger partial charge in [-0.2, -0.15) is 0 Å². The largest absolute Gasteiger partial charge is 0.481 e. The summed E-state index contributed by atoms with van der Waals surface area (Å²) in [6.45, 7) is 3.08. The number of hydrogen-bond donors (Lipinski definition) is 7. The summed E-state index contributed by atoms with van der Waals surface area (Å²) < 4.78 is 0. The first-order valence-electron chi connectivity index (χ1n) is 11.6. The molecule has 3 atom stereocenters. The van der Waals surface area contributed by atoms with Gasteiger partial charge in [0.1, 0.15) is 12.1 Å². The van der Waals surface area contributed by atoms with Crippen LogP contribution in [-0.4, -0.2) is 69.5 Å². The molecule has 2 rings (SSSR count). The van der Waals surface area contributed by atoms with Crippen molar-refractivity contribution in [2.75, 3.05) is 6.54 Å². The average molecular weight is 504 g/mol. The molecule has 0 aliphatic heterocycles. The molecule has 2 aromatic rings. The van der Waals surface area contributed by atoms with Crippen LogP contribution in [-0.2, 0) is 30.4 Å². The fourth-order valence-corrected chi connectivity index (χ4v) is 3.68. The second-order valence-corrected chi connectivity index (χ2v) is 8.97. The number of nitrogens with one attached hydrogen (secondary N) is 4. The predicted molar refractivity (Wildman–Crippen MR) is 131 cm³/mol. The summed E-state index contributed by atoms with van der Waals surface area (Å²) in [4.78, 5) is 63.0. The zero-order valence-electron chi connectivity index (χ0n) is 20.2. The maximum absolute atomic E-state index is 12.6.